The lowest BCUT2D eigenvalue weighted by Gasteiger charge is -2.11. The summed E-state index contributed by atoms with van der Waals surface area (Å²) in [7, 11) is 0. The molecule has 1 aliphatic rings. The Morgan fingerprint density at radius 2 is 2.06 bits per heavy atom. The molecule has 1 fully saturated rings. The molecule has 0 aromatic heterocycles. The molecule has 3 heteroatoms. The van der Waals surface area contributed by atoms with Gasteiger partial charge in [-0.25, -0.2) is 0 Å². The van der Waals surface area contributed by atoms with Crippen molar-refractivity contribution in [3.05, 3.63) is 35.4 Å². The van der Waals surface area contributed by atoms with Gasteiger partial charge in [0.1, 0.15) is 0 Å². The van der Waals surface area contributed by atoms with E-state index in [2.05, 4.69) is 31.2 Å². The highest BCUT2D eigenvalue weighted by Gasteiger charge is 2.26. The van der Waals surface area contributed by atoms with Crippen LogP contribution in [0.15, 0.2) is 24.3 Å². The van der Waals surface area contributed by atoms with Crippen LogP contribution >= 0.6 is 0 Å². The van der Waals surface area contributed by atoms with Crippen molar-refractivity contribution in [3.8, 4) is 0 Å². The standard InChI is InChI=1S/C13H19NO2/c1-2-10-3-5-11(6-4-10)13-15-9-12(16-13)7-8-14/h3-6,12-13H,2,7-9,14H2,1H3. The van der Waals surface area contributed by atoms with E-state index in [0.717, 1.165) is 18.4 Å². The third kappa shape index (κ3) is 2.61. The van der Waals surface area contributed by atoms with Crippen molar-refractivity contribution in [2.45, 2.75) is 32.2 Å². The summed E-state index contributed by atoms with van der Waals surface area (Å²) in [6.07, 6.45) is 1.87. The lowest BCUT2D eigenvalue weighted by atomic mass is 10.1. The minimum absolute atomic E-state index is 0.154. The molecule has 1 aliphatic heterocycles. The number of rotatable bonds is 4. The van der Waals surface area contributed by atoms with Crippen molar-refractivity contribution in [1.29, 1.82) is 0 Å². The molecule has 1 heterocycles. The number of nitrogens with two attached hydrogens (primary N) is 1. The van der Waals surface area contributed by atoms with E-state index in [1.54, 1.807) is 0 Å². The third-order valence-electron chi connectivity index (χ3n) is 2.90. The minimum Gasteiger partial charge on any atom is -0.346 e. The third-order valence-corrected chi connectivity index (χ3v) is 2.90. The molecular weight excluding hydrogens is 202 g/mol. The van der Waals surface area contributed by atoms with Gasteiger partial charge in [-0.3, -0.25) is 0 Å². The molecule has 1 aromatic rings. The van der Waals surface area contributed by atoms with E-state index in [0.29, 0.717) is 13.2 Å². The fourth-order valence-electron chi connectivity index (χ4n) is 1.87. The number of hydrogen-bond acceptors (Lipinski definition) is 3. The first kappa shape index (κ1) is 11.6. The molecule has 1 aromatic carbocycles. The van der Waals surface area contributed by atoms with Gasteiger partial charge >= 0.3 is 0 Å². The van der Waals surface area contributed by atoms with Crippen molar-refractivity contribution in [2.75, 3.05) is 13.2 Å². The topological polar surface area (TPSA) is 44.5 Å². The molecule has 0 aliphatic carbocycles. The Bertz CT molecular complexity index is 323. The molecule has 2 unspecified atom stereocenters. The zero-order chi connectivity index (χ0) is 11.4. The normalized spacial score (nSPS) is 24.9. The molecule has 0 spiro atoms. The Hall–Kier alpha value is -0.900. The molecule has 0 saturated carbocycles. The number of hydrogen-bond donors (Lipinski definition) is 1. The zero-order valence-electron chi connectivity index (χ0n) is 9.69. The van der Waals surface area contributed by atoms with Crippen LogP contribution in [0.2, 0.25) is 0 Å². The fourth-order valence-corrected chi connectivity index (χ4v) is 1.87. The summed E-state index contributed by atoms with van der Waals surface area (Å²) >= 11 is 0. The van der Waals surface area contributed by atoms with Crippen LogP contribution in [-0.4, -0.2) is 19.3 Å². The minimum atomic E-state index is -0.206. The van der Waals surface area contributed by atoms with Crippen LogP contribution in [0.5, 0.6) is 0 Å². The first-order valence-electron chi connectivity index (χ1n) is 5.89. The molecule has 0 bridgehead atoms. The zero-order valence-corrected chi connectivity index (χ0v) is 9.69. The van der Waals surface area contributed by atoms with Crippen LogP contribution in [0.4, 0.5) is 0 Å². The van der Waals surface area contributed by atoms with Crippen molar-refractivity contribution in [1.82, 2.24) is 0 Å². The molecule has 2 rings (SSSR count). The van der Waals surface area contributed by atoms with Crippen LogP contribution in [0.1, 0.15) is 30.8 Å². The van der Waals surface area contributed by atoms with Crippen molar-refractivity contribution in [2.24, 2.45) is 5.73 Å². The highest BCUT2D eigenvalue weighted by Crippen LogP contribution is 2.28. The van der Waals surface area contributed by atoms with Gasteiger partial charge in [-0.15, -0.1) is 0 Å². The molecular formula is C13H19NO2. The highest BCUT2D eigenvalue weighted by atomic mass is 16.7. The predicted molar refractivity (Wildman–Crippen MR) is 63.1 cm³/mol. The highest BCUT2D eigenvalue weighted by molar-refractivity contribution is 5.23. The number of ether oxygens (including phenoxy) is 2. The van der Waals surface area contributed by atoms with Gasteiger partial charge in [-0.1, -0.05) is 31.2 Å². The first-order valence-corrected chi connectivity index (χ1v) is 5.89. The number of aryl methyl sites for hydroxylation is 1. The largest absolute Gasteiger partial charge is 0.346 e. The van der Waals surface area contributed by atoms with Gasteiger partial charge < -0.3 is 15.2 Å². The number of benzene rings is 1. The summed E-state index contributed by atoms with van der Waals surface area (Å²) in [5.41, 5.74) is 7.92. The maximum absolute atomic E-state index is 5.76. The summed E-state index contributed by atoms with van der Waals surface area (Å²) in [6, 6.07) is 8.40. The fraction of sp³-hybridized carbons (Fsp3) is 0.538. The second kappa shape index (κ2) is 5.43. The van der Waals surface area contributed by atoms with Gasteiger partial charge in [0.05, 0.1) is 12.7 Å². The average Bonchev–Trinajstić information content (AvgIpc) is 2.78. The Morgan fingerprint density at radius 3 is 2.69 bits per heavy atom. The summed E-state index contributed by atoms with van der Waals surface area (Å²) in [6.45, 7) is 3.45. The van der Waals surface area contributed by atoms with Crippen molar-refractivity contribution < 1.29 is 9.47 Å². The van der Waals surface area contributed by atoms with Gasteiger partial charge in [-0.05, 0) is 24.9 Å². The Morgan fingerprint density at radius 1 is 1.31 bits per heavy atom. The van der Waals surface area contributed by atoms with E-state index in [1.807, 2.05) is 0 Å². The Labute approximate surface area is 96.5 Å². The molecule has 16 heavy (non-hydrogen) atoms. The van der Waals surface area contributed by atoms with Gasteiger partial charge in [0.2, 0.25) is 0 Å². The summed E-state index contributed by atoms with van der Waals surface area (Å²) in [5.74, 6) is 0. The summed E-state index contributed by atoms with van der Waals surface area (Å²) in [5, 5.41) is 0. The maximum atomic E-state index is 5.76. The molecule has 88 valence electrons. The van der Waals surface area contributed by atoms with Crippen LogP contribution in [0.25, 0.3) is 0 Å². The molecule has 0 radical (unpaired) electrons. The van der Waals surface area contributed by atoms with E-state index in [4.69, 9.17) is 15.2 Å². The lowest BCUT2D eigenvalue weighted by Crippen LogP contribution is -2.15. The monoisotopic (exact) mass is 221 g/mol. The summed E-state index contributed by atoms with van der Waals surface area (Å²) < 4.78 is 11.4. The lowest BCUT2D eigenvalue weighted by molar-refractivity contribution is -0.0607. The second-order valence-electron chi connectivity index (χ2n) is 4.10. The van der Waals surface area contributed by atoms with E-state index in [9.17, 15) is 0 Å². The smallest absolute Gasteiger partial charge is 0.184 e. The summed E-state index contributed by atoms with van der Waals surface area (Å²) in [4.78, 5) is 0. The maximum Gasteiger partial charge on any atom is 0.184 e. The van der Waals surface area contributed by atoms with Crippen LogP contribution < -0.4 is 5.73 Å². The van der Waals surface area contributed by atoms with Crippen molar-refractivity contribution in [3.63, 3.8) is 0 Å². The van der Waals surface area contributed by atoms with Gasteiger partial charge in [-0.2, -0.15) is 0 Å². The molecule has 1 saturated heterocycles. The van der Waals surface area contributed by atoms with Gasteiger partial charge in [0.25, 0.3) is 0 Å². The van der Waals surface area contributed by atoms with Crippen LogP contribution in [0.3, 0.4) is 0 Å². The molecule has 2 atom stereocenters. The van der Waals surface area contributed by atoms with Crippen molar-refractivity contribution >= 4 is 0 Å². The Kier molecular flexibility index (Phi) is 3.93. The molecule has 0 amide bonds. The van der Waals surface area contributed by atoms with E-state index >= 15 is 0 Å². The SMILES string of the molecule is CCc1ccc(C2OCC(CCN)O2)cc1. The first-order chi connectivity index (χ1) is 7.83. The Balaban J connectivity index is 1.97. The van der Waals surface area contributed by atoms with E-state index in [-0.39, 0.29) is 12.4 Å². The van der Waals surface area contributed by atoms with E-state index in [1.165, 1.54) is 5.56 Å². The second-order valence-corrected chi connectivity index (χ2v) is 4.10. The molecule has 3 nitrogen and oxygen atoms in total. The van der Waals surface area contributed by atoms with E-state index < -0.39 is 0 Å². The van der Waals surface area contributed by atoms with Gasteiger partial charge in [0.15, 0.2) is 6.29 Å². The van der Waals surface area contributed by atoms with Crippen LogP contribution in [-0.2, 0) is 15.9 Å². The molecule has 2 N–H and O–H groups in total. The van der Waals surface area contributed by atoms with Gasteiger partial charge in [0, 0.05) is 5.56 Å². The predicted octanol–water partition coefficient (Wildman–Crippen LogP) is 2.01. The quantitative estimate of drug-likeness (QED) is 0.846. The van der Waals surface area contributed by atoms with Crippen LogP contribution in [0, 0.1) is 0 Å². The average molecular weight is 221 g/mol.